The summed E-state index contributed by atoms with van der Waals surface area (Å²) in [5.41, 5.74) is 9.98. The van der Waals surface area contributed by atoms with Crippen LogP contribution in [0.3, 0.4) is 0 Å². The summed E-state index contributed by atoms with van der Waals surface area (Å²) in [6.45, 7) is 0.618. The van der Waals surface area contributed by atoms with Crippen molar-refractivity contribution in [3.8, 4) is 5.69 Å². The molecule has 0 fully saturated rings. The zero-order valence-corrected chi connectivity index (χ0v) is 12.6. The fourth-order valence-electron chi connectivity index (χ4n) is 2.73. The molecule has 23 heavy (non-hydrogen) atoms. The molecule has 3 aromatic rings. The van der Waals surface area contributed by atoms with Crippen LogP contribution in [0, 0.1) is 0 Å². The van der Waals surface area contributed by atoms with E-state index in [0.717, 1.165) is 29.3 Å². The Kier molecular flexibility index (Phi) is 4.26. The van der Waals surface area contributed by atoms with Crippen LogP contribution in [0.15, 0.2) is 60.8 Å². The van der Waals surface area contributed by atoms with Crippen molar-refractivity contribution in [3.63, 3.8) is 0 Å². The Hall–Kier alpha value is -2.85. The summed E-state index contributed by atoms with van der Waals surface area (Å²) in [5, 5.41) is 9.89. The third-order valence-corrected chi connectivity index (χ3v) is 3.80. The smallest absolute Gasteiger partial charge is 0.328 e. The van der Waals surface area contributed by atoms with Gasteiger partial charge in [-0.1, -0.05) is 30.3 Å². The molecule has 0 radical (unpaired) electrons. The second-order valence-electron chi connectivity index (χ2n) is 5.34. The Labute approximate surface area is 134 Å². The summed E-state index contributed by atoms with van der Waals surface area (Å²) < 4.78 is 2.14. The fourth-order valence-corrected chi connectivity index (χ4v) is 2.73. The molecule has 0 saturated heterocycles. The molecule has 0 aliphatic heterocycles. The number of rotatable bonds is 5. The molecule has 0 spiro atoms. The number of carbonyl (C=O) groups is 1. The van der Waals surface area contributed by atoms with Gasteiger partial charge in [-0.25, -0.2) is 4.79 Å². The lowest BCUT2D eigenvalue weighted by Gasteiger charge is -2.05. The van der Waals surface area contributed by atoms with Gasteiger partial charge in [0.15, 0.2) is 0 Å². The summed E-state index contributed by atoms with van der Waals surface area (Å²) in [6.07, 6.45) is 5.69. The molecule has 0 aliphatic rings. The lowest BCUT2D eigenvalue weighted by atomic mass is 10.1. The van der Waals surface area contributed by atoms with Crippen molar-refractivity contribution in [1.82, 2.24) is 4.57 Å². The first-order valence-corrected chi connectivity index (χ1v) is 7.49. The van der Waals surface area contributed by atoms with Gasteiger partial charge in [-0.2, -0.15) is 0 Å². The van der Waals surface area contributed by atoms with Crippen LogP contribution in [0.25, 0.3) is 22.7 Å². The van der Waals surface area contributed by atoms with Crippen molar-refractivity contribution < 1.29 is 9.90 Å². The zero-order chi connectivity index (χ0) is 16.2. The van der Waals surface area contributed by atoms with E-state index in [1.807, 2.05) is 36.4 Å². The molecule has 3 N–H and O–H groups in total. The van der Waals surface area contributed by atoms with E-state index in [4.69, 9.17) is 10.8 Å². The Morgan fingerprint density at radius 3 is 2.57 bits per heavy atom. The predicted molar refractivity (Wildman–Crippen MR) is 92.7 cm³/mol. The van der Waals surface area contributed by atoms with E-state index in [1.165, 1.54) is 10.9 Å². The third kappa shape index (κ3) is 3.17. The number of hydrogen-bond donors (Lipinski definition) is 2. The average molecular weight is 306 g/mol. The van der Waals surface area contributed by atoms with Crippen LogP contribution in [0.4, 0.5) is 0 Å². The molecule has 0 atom stereocenters. The quantitative estimate of drug-likeness (QED) is 0.711. The molecule has 0 amide bonds. The number of carboxylic acid groups (broad SMARTS) is 1. The average Bonchev–Trinajstić information content (AvgIpc) is 2.93. The van der Waals surface area contributed by atoms with Crippen molar-refractivity contribution in [2.45, 2.75) is 6.42 Å². The van der Waals surface area contributed by atoms with Crippen molar-refractivity contribution in [3.05, 3.63) is 71.9 Å². The summed E-state index contributed by atoms with van der Waals surface area (Å²) in [4.78, 5) is 10.6. The molecule has 116 valence electrons. The molecule has 0 bridgehead atoms. The third-order valence-electron chi connectivity index (χ3n) is 3.80. The number of para-hydroxylation sites is 1. The van der Waals surface area contributed by atoms with Gasteiger partial charge in [0.2, 0.25) is 0 Å². The maximum absolute atomic E-state index is 10.6. The van der Waals surface area contributed by atoms with Gasteiger partial charge in [-0.05, 0) is 48.4 Å². The van der Waals surface area contributed by atoms with Gasteiger partial charge in [0.1, 0.15) is 0 Å². The van der Waals surface area contributed by atoms with Gasteiger partial charge in [-0.3, -0.25) is 0 Å². The van der Waals surface area contributed by atoms with Crippen LogP contribution in [-0.4, -0.2) is 22.2 Å². The molecule has 0 saturated carbocycles. The van der Waals surface area contributed by atoms with Crippen molar-refractivity contribution in [1.29, 1.82) is 0 Å². The topological polar surface area (TPSA) is 68.2 Å². The first kappa shape index (κ1) is 15.1. The van der Waals surface area contributed by atoms with E-state index in [2.05, 4.69) is 22.9 Å². The monoisotopic (exact) mass is 306 g/mol. The minimum Gasteiger partial charge on any atom is -0.478 e. The van der Waals surface area contributed by atoms with Gasteiger partial charge in [0.25, 0.3) is 0 Å². The standard InChI is InChI=1S/C19H18N2O2/c20-12-11-15-13-21(18-4-2-1-3-17(15)18)16-8-5-14(6-9-16)7-10-19(22)23/h1-10,13H,11-12,20H2,(H,22,23)/b10-7+. The molecule has 3 rings (SSSR count). The summed E-state index contributed by atoms with van der Waals surface area (Å²) >= 11 is 0. The molecule has 0 unspecified atom stereocenters. The summed E-state index contributed by atoms with van der Waals surface area (Å²) in [7, 11) is 0. The Balaban J connectivity index is 2.01. The van der Waals surface area contributed by atoms with Crippen LogP contribution in [0.1, 0.15) is 11.1 Å². The van der Waals surface area contributed by atoms with Crippen LogP contribution < -0.4 is 5.73 Å². The van der Waals surface area contributed by atoms with Crippen molar-refractivity contribution in [2.24, 2.45) is 5.73 Å². The minimum atomic E-state index is -0.947. The van der Waals surface area contributed by atoms with E-state index in [-0.39, 0.29) is 0 Å². The van der Waals surface area contributed by atoms with E-state index < -0.39 is 5.97 Å². The number of benzene rings is 2. The van der Waals surface area contributed by atoms with Gasteiger partial charge in [0, 0.05) is 23.3 Å². The number of hydrogen-bond acceptors (Lipinski definition) is 2. The SMILES string of the molecule is NCCc1cn(-c2ccc(/C=C/C(=O)O)cc2)c2ccccc12. The van der Waals surface area contributed by atoms with Crippen LogP contribution in [-0.2, 0) is 11.2 Å². The summed E-state index contributed by atoms with van der Waals surface area (Å²) in [5.74, 6) is -0.947. The highest BCUT2D eigenvalue weighted by molar-refractivity contribution is 5.86. The maximum atomic E-state index is 10.6. The van der Waals surface area contributed by atoms with Crippen LogP contribution >= 0.6 is 0 Å². The number of fused-ring (bicyclic) bond motifs is 1. The van der Waals surface area contributed by atoms with Crippen molar-refractivity contribution in [2.75, 3.05) is 6.54 Å². The van der Waals surface area contributed by atoms with E-state index in [9.17, 15) is 4.79 Å². The van der Waals surface area contributed by atoms with Crippen molar-refractivity contribution >= 4 is 22.9 Å². The number of nitrogens with zero attached hydrogens (tertiary/aromatic N) is 1. The predicted octanol–water partition coefficient (Wildman–Crippen LogP) is 3.23. The fraction of sp³-hybridized carbons (Fsp3) is 0.105. The zero-order valence-electron chi connectivity index (χ0n) is 12.6. The van der Waals surface area contributed by atoms with Gasteiger partial charge in [-0.15, -0.1) is 0 Å². The van der Waals surface area contributed by atoms with Gasteiger partial charge >= 0.3 is 5.97 Å². The van der Waals surface area contributed by atoms with E-state index in [1.54, 1.807) is 6.08 Å². The highest BCUT2D eigenvalue weighted by atomic mass is 16.4. The van der Waals surface area contributed by atoms with E-state index in [0.29, 0.717) is 6.54 Å². The summed E-state index contributed by atoms with van der Waals surface area (Å²) in [6, 6.07) is 16.1. The second-order valence-corrected chi connectivity index (χ2v) is 5.34. The molecule has 1 heterocycles. The maximum Gasteiger partial charge on any atom is 0.328 e. The lowest BCUT2D eigenvalue weighted by Crippen LogP contribution is -2.02. The number of aliphatic carboxylic acids is 1. The Bertz CT molecular complexity index is 861. The van der Waals surface area contributed by atoms with Crippen LogP contribution in [0.2, 0.25) is 0 Å². The molecule has 4 heteroatoms. The van der Waals surface area contributed by atoms with Crippen LogP contribution in [0.5, 0.6) is 0 Å². The molecular formula is C19H18N2O2. The Morgan fingerprint density at radius 2 is 1.87 bits per heavy atom. The number of aromatic nitrogens is 1. The van der Waals surface area contributed by atoms with E-state index >= 15 is 0 Å². The van der Waals surface area contributed by atoms with Gasteiger partial charge in [0.05, 0.1) is 5.52 Å². The molecule has 0 aliphatic carbocycles. The molecule has 1 aromatic heterocycles. The first-order chi connectivity index (χ1) is 11.2. The van der Waals surface area contributed by atoms with Gasteiger partial charge < -0.3 is 15.4 Å². The first-order valence-electron chi connectivity index (χ1n) is 7.49. The Morgan fingerprint density at radius 1 is 1.13 bits per heavy atom. The largest absolute Gasteiger partial charge is 0.478 e. The molecule has 4 nitrogen and oxygen atoms in total. The lowest BCUT2D eigenvalue weighted by molar-refractivity contribution is -0.131. The second kappa shape index (κ2) is 6.50. The molecular weight excluding hydrogens is 288 g/mol. The number of nitrogens with two attached hydrogens (primary N) is 1. The highest BCUT2D eigenvalue weighted by Gasteiger charge is 2.08. The molecule has 2 aromatic carbocycles. The minimum absolute atomic E-state index is 0.618. The highest BCUT2D eigenvalue weighted by Crippen LogP contribution is 2.25. The number of carboxylic acids is 1. The normalized spacial score (nSPS) is 11.3.